The van der Waals surface area contributed by atoms with Gasteiger partial charge in [-0.15, -0.1) is 11.3 Å². The molecule has 3 heterocycles. The molecule has 0 saturated carbocycles. The summed E-state index contributed by atoms with van der Waals surface area (Å²) in [5, 5.41) is 1.19. The minimum absolute atomic E-state index is 0.764. The number of hydrogen-bond acceptors (Lipinski definition) is 7. The van der Waals surface area contributed by atoms with Crippen molar-refractivity contribution >= 4 is 23.0 Å². The molecule has 1 saturated heterocycles. The third-order valence-electron chi connectivity index (χ3n) is 4.63. The topological polar surface area (TPSA) is 54.4 Å². The molecule has 0 spiro atoms. The van der Waals surface area contributed by atoms with Crippen LogP contribution in [0.1, 0.15) is 28.4 Å². The van der Waals surface area contributed by atoms with Gasteiger partial charge in [-0.25, -0.2) is 15.0 Å². The van der Waals surface area contributed by atoms with Crippen LogP contribution in [0.5, 0.6) is 0 Å². The average Bonchev–Trinajstić information content (AvgIpc) is 3.05. The second kappa shape index (κ2) is 7.03. The van der Waals surface area contributed by atoms with E-state index in [1.807, 2.05) is 11.3 Å². The van der Waals surface area contributed by atoms with Gasteiger partial charge >= 0.3 is 0 Å². The van der Waals surface area contributed by atoms with Gasteiger partial charge in [0, 0.05) is 31.1 Å². The number of anilines is 2. The third-order valence-corrected chi connectivity index (χ3v) is 5.77. The molecule has 0 atom stereocenters. The fraction of sp³-hybridized carbons (Fsp3) is 0.588. The standard InChI is InChI=1S/C17H23N5OS/c1-21(11-17-20-13-4-2-3-5-14(13)24-17)15-10-16(19-12-18-15)22-6-8-23-9-7-22/h10,12H,2-9,11H2,1H3. The van der Waals surface area contributed by atoms with Crippen molar-refractivity contribution in [3.63, 3.8) is 0 Å². The van der Waals surface area contributed by atoms with Crippen LogP contribution in [0.2, 0.25) is 0 Å². The number of nitrogens with zero attached hydrogens (tertiary/aromatic N) is 5. The van der Waals surface area contributed by atoms with Gasteiger partial charge in [0.15, 0.2) is 0 Å². The van der Waals surface area contributed by atoms with Crippen LogP contribution in [0.25, 0.3) is 0 Å². The minimum atomic E-state index is 0.764. The van der Waals surface area contributed by atoms with Gasteiger partial charge in [-0.05, 0) is 25.7 Å². The van der Waals surface area contributed by atoms with Gasteiger partial charge in [0.1, 0.15) is 23.0 Å². The van der Waals surface area contributed by atoms with Crippen molar-refractivity contribution in [3.05, 3.63) is 28.0 Å². The number of aromatic nitrogens is 3. The van der Waals surface area contributed by atoms with Crippen LogP contribution in [0.15, 0.2) is 12.4 Å². The van der Waals surface area contributed by atoms with Crippen molar-refractivity contribution in [2.75, 3.05) is 43.2 Å². The van der Waals surface area contributed by atoms with E-state index in [1.54, 1.807) is 6.33 Å². The summed E-state index contributed by atoms with van der Waals surface area (Å²) >= 11 is 1.87. The van der Waals surface area contributed by atoms with Crippen LogP contribution >= 0.6 is 11.3 Å². The number of fused-ring (bicyclic) bond motifs is 1. The third kappa shape index (κ3) is 3.37. The van der Waals surface area contributed by atoms with E-state index in [1.165, 1.54) is 34.8 Å². The molecule has 6 nitrogen and oxygen atoms in total. The highest BCUT2D eigenvalue weighted by Crippen LogP contribution is 2.28. The Hall–Kier alpha value is -1.73. The van der Waals surface area contributed by atoms with E-state index < -0.39 is 0 Å². The number of hydrogen-bond donors (Lipinski definition) is 0. The Kier molecular flexibility index (Phi) is 4.62. The summed E-state index contributed by atoms with van der Waals surface area (Å²) in [4.78, 5) is 19.6. The highest BCUT2D eigenvalue weighted by molar-refractivity contribution is 7.11. The van der Waals surface area contributed by atoms with Crippen LogP contribution in [0, 0.1) is 0 Å². The maximum absolute atomic E-state index is 5.42. The molecule has 0 aromatic carbocycles. The Morgan fingerprint density at radius 1 is 1.21 bits per heavy atom. The predicted octanol–water partition coefficient (Wildman–Crippen LogP) is 2.28. The van der Waals surface area contributed by atoms with Gasteiger partial charge in [0.2, 0.25) is 0 Å². The average molecular weight is 345 g/mol. The molecule has 1 fully saturated rings. The summed E-state index contributed by atoms with van der Waals surface area (Å²) in [6.45, 7) is 4.11. The molecule has 2 aromatic heterocycles. The van der Waals surface area contributed by atoms with Crippen molar-refractivity contribution in [2.45, 2.75) is 32.2 Å². The molecule has 0 N–H and O–H groups in total. The van der Waals surface area contributed by atoms with Gasteiger partial charge in [-0.3, -0.25) is 0 Å². The molecule has 2 aliphatic rings. The van der Waals surface area contributed by atoms with Crippen LogP contribution in [-0.4, -0.2) is 48.3 Å². The predicted molar refractivity (Wildman–Crippen MR) is 95.9 cm³/mol. The van der Waals surface area contributed by atoms with Gasteiger partial charge in [-0.1, -0.05) is 0 Å². The van der Waals surface area contributed by atoms with Crippen molar-refractivity contribution in [1.29, 1.82) is 0 Å². The summed E-state index contributed by atoms with van der Waals surface area (Å²) in [6, 6.07) is 2.07. The maximum Gasteiger partial charge on any atom is 0.134 e. The lowest BCUT2D eigenvalue weighted by Crippen LogP contribution is -2.36. The molecular weight excluding hydrogens is 322 g/mol. The number of morpholine rings is 1. The zero-order valence-electron chi connectivity index (χ0n) is 14.1. The SMILES string of the molecule is CN(Cc1nc2c(s1)CCCC2)c1cc(N2CCOCC2)ncn1. The second-order valence-electron chi connectivity index (χ2n) is 6.37. The molecule has 0 bridgehead atoms. The first-order valence-electron chi connectivity index (χ1n) is 8.63. The molecule has 0 unspecified atom stereocenters. The van der Waals surface area contributed by atoms with Gasteiger partial charge in [-0.2, -0.15) is 0 Å². The van der Waals surface area contributed by atoms with E-state index in [0.29, 0.717) is 0 Å². The Morgan fingerprint density at radius 2 is 2.04 bits per heavy atom. The van der Waals surface area contributed by atoms with Gasteiger partial charge < -0.3 is 14.5 Å². The Balaban J connectivity index is 1.47. The van der Waals surface area contributed by atoms with Crippen LogP contribution in [0.4, 0.5) is 11.6 Å². The summed E-state index contributed by atoms with van der Waals surface area (Å²) in [6.07, 6.45) is 6.58. The smallest absolute Gasteiger partial charge is 0.134 e. The first-order chi connectivity index (χ1) is 11.8. The Bertz CT molecular complexity index is 675. The molecular formula is C17H23N5OS. The van der Waals surface area contributed by atoms with Crippen molar-refractivity contribution in [2.24, 2.45) is 0 Å². The zero-order valence-corrected chi connectivity index (χ0v) is 14.9. The van der Waals surface area contributed by atoms with Crippen LogP contribution < -0.4 is 9.80 Å². The van der Waals surface area contributed by atoms with Gasteiger partial charge in [0.25, 0.3) is 0 Å². The summed E-state index contributed by atoms with van der Waals surface area (Å²) in [5.41, 5.74) is 1.33. The fourth-order valence-corrected chi connectivity index (χ4v) is 4.48. The highest BCUT2D eigenvalue weighted by atomic mass is 32.1. The lowest BCUT2D eigenvalue weighted by molar-refractivity contribution is 0.122. The summed E-state index contributed by atoms with van der Waals surface area (Å²) in [5.74, 6) is 1.92. The van der Waals surface area contributed by atoms with Crippen LogP contribution in [0.3, 0.4) is 0 Å². The van der Waals surface area contributed by atoms with Crippen molar-refractivity contribution < 1.29 is 4.74 Å². The minimum Gasteiger partial charge on any atom is -0.378 e. The van der Waals surface area contributed by atoms with E-state index in [-0.39, 0.29) is 0 Å². The monoisotopic (exact) mass is 345 g/mol. The summed E-state index contributed by atoms with van der Waals surface area (Å²) in [7, 11) is 2.08. The molecule has 24 heavy (non-hydrogen) atoms. The van der Waals surface area contributed by atoms with E-state index in [4.69, 9.17) is 9.72 Å². The largest absolute Gasteiger partial charge is 0.378 e. The molecule has 7 heteroatoms. The van der Waals surface area contributed by atoms with Crippen molar-refractivity contribution in [1.82, 2.24) is 15.0 Å². The fourth-order valence-electron chi connectivity index (χ4n) is 3.27. The second-order valence-corrected chi connectivity index (χ2v) is 7.54. The maximum atomic E-state index is 5.42. The number of ether oxygens (including phenoxy) is 1. The summed E-state index contributed by atoms with van der Waals surface area (Å²) < 4.78 is 5.42. The van der Waals surface area contributed by atoms with E-state index >= 15 is 0 Å². The molecule has 0 amide bonds. The molecule has 2 aromatic rings. The first kappa shape index (κ1) is 15.8. The van der Waals surface area contributed by atoms with Gasteiger partial charge in [0.05, 0.1) is 25.5 Å². The lowest BCUT2D eigenvalue weighted by Gasteiger charge is -2.28. The first-order valence-corrected chi connectivity index (χ1v) is 9.44. The Labute approximate surface area is 146 Å². The highest BCUT2D eigenvalue weighted by Gasteiger charge is 2.17. The van der Waals surface area contributed by atoms with E-state index in [2.05, 4.69) is 32.9 Å². The quantitative estimate of drug-likeness (QED) is 0.847. The van der Waals surface area contributed by atoms with Crippen molar-refractivity contribution in [3.8, 4) is 0 Å². The van der Waals surface area contributed by atoms with Crippen LogP contribution in [-0.2, 0) is 24.1 Å². The lowest BCUT2D eigenvalue weighted by atomic mass is 10.0. The molecule has 1 aliphatic heterocycles. The van der Waals surface area contributed by atoms with E-state index in [9.17, 15) is 0 Å². The normalized spacial score (nSPS) is 17.6. The number of aryl methyl sites for hydroxylation is 2. The molecule has 4 rings (SSSR count). The van der Waals surface area contributed by atoms with E-state index in [0.717, 1.165) is 50.9 Å². The number of rotatable bonds is 4. The molecule has 128 valence electrons. The molecule has 0 radical (unpaired) electrons. The number of thiazole rings is 1. The molecule has 1 aliphatic carbocycles. The zero-order chi connectivity index (χ0) is 16.4. The Morgan fingerprint density at radius 3 is 2.88 bits per heavy atom.